The van der Waals surface area contributed by atoms with Crippen LogP contribution in [0, 0.1) is 0 Å². The molecule has 0 unspecified atom stereocenters. The van der Waals surface area contributed by atoms with Gasteiger partial charge in [0.15, 0.2) is 5.82 Å². The molecule has 3 heterocycles. The van der Waals surface area contributed by atoms with E-state index in [4.69, 9.17) is 4.52 Å². The van der Waals surface area contributed by atoms with Crippen molar-refractivity contribution in [1.82, 2.24) is 20.0 Å². The van der Waals surface area contributed by atoms with Crippen molar-refractivity contribution in [3.8, 4) is 0 Å². The summed E-state index contributed by atoms with van der Waals surface area (Å²) in [7, 11) is 0. The van der Waals surface area contributed by atoms with Crippen LogP contribution in [0.3, 0.4) is 0 Å². The van der Waals surface area contributed by atoms with Gasteiger partial charge in [-0.25, -0.2) is 0 Å². The Morgan fingerprint density at radius 2 is 2.17 bits per heavy atom. The Balaban J connectivity index is 1.60. The molecular formula is C17H22N4O2. The van der Waals surface area contributed by atoms with Crippen LogP contribution in [0.4, 0.5) is 0 Å². The summed E-state index contributed by atoms with van der Waals surface area (Å²) >= 11 is 0. The fourth-order valence-electron chi connectivity index (χ4n) is 2.78. The van der Waals surface area contributed by atoms with E-state index in [-0.39, 0.29) is 11.8 Å². The van der Waals surface area contributed by atoms with Crippen LogP contribution in [0.2, 0.25) is 0 Å². The van der Waals surface area contributed by atoms with Gasteiger partial charge in [0.25, 0.3) is 5.91 Å². The van der Waals surface area contributed by atoms with Crippen LogP contribution in [0.1, 0.15) is 67.1 Å². The van der Waals surface area contributed by atoms with Crippen molar-refractivity contribution in [1.29, 1.82) is 0 Å². The zero-order chi connectivity index (χ0) is 16.2. The number of pyridine rings is 1. The summed E-state index contributed by atoms with van der Waals surface area (Å²) in [6.07, 6.45) is 4.34. The third-order valence-corrected chi connectivity index (χ3v) is 4.53. The second-order valence-corrected chi connectivity index (χ2v) is 6.08. The second-order valence-electron chi connectivity index (χ2n) is 6.08. The average Bonchev–Trinajstić information content (AvgIpc) is 3.11. The highest BCUT2D eigenvalue weighted by molar-refractivity contribution is 5.92. The molecule has 0 bridgehead atoms. The van der Waals surface area contributed by atoms with Crippen molar-refractivity contribution in [3.05, 3.63) is 41.8 Å². The van der Waals surface area contributed by atoms with E-state index >= 15 is 0 Å². The van der Waals surface area contributed by atoms with Gasteiger partial charge in [-0.15, -0.1) is 0 Å². The number of amides is 1. The van der Waals surface area contributed by atoms with Crippen molar-refractivity contribution < 1.29 is 9.32 Å². The number of nitrogens with zero attached hydrogens (tertiary/aromatic N) is 4. The van der Waals surface area contributed by atoms with Gasteiger partial charge in [0, 0.05) is 31.1 Å². The number of hydrogen-bond acceptors (Lipinski definition) is 5. The van der Waals surface area contributed by atoms with Crippen LogP contribution in [-0.2, 0) is 0 Å². The minimum absolute atomic E-state index is 0.00475. The molecule has 2 aromatic rings. The molecule has 0 radical (unpaired) electrons. The molecule has 0 saturated carbocycles. The monoisotopic (exact) mass is 314 g/mol. The molecule has 1 atom stereocenters. The van der Waals surface area contributed by atoms with Gasteiger partial charge < -0.3 is 9.42 Å². The van der Waals surface area contributed by atoms with Crippen LogP contribution in [-0.4, -0.2) is 39.0 Å². The fraction of sp³-hybridized carbons (Fsp3) is 0.529. The number of piperidine rings is 1. The summed E-state index contributed by atoms with van der Waals surface area (Å²) in [5, 5.41) is 4.09. The molecule has 6 nitrogen and oxygen atoms in total. The molecule has 0 aliphatic carbocycles. The van der Waals surface area contributed by atoms with Crippen LogP contribution in [0.15, 0.2) is 28.9 Å². The molecule has 1 aliphatic rings. The third-order valence-electron chi connectivity index (χ3n) is 4.53. The molecule has 1 fully saturated rings. The standard InChI is InChI=1S/C17H22N4O2/c1-3-12(2)15-19-16(23-20-15)13-7-10-21(11-8-13)17(22)14-6-4-5-9-18-14/h4-6,9,12-13H,3,7-8,10-11H2,1-2H3/t12-/m0/s1. The molecule has 1 aliphatic heterocycles. The maximum atomic E-state index is 12.4. The zero-order valence-corrected chi connectivity index (χ0v) is 13.6. The average molecular weight is 314 g/mol. The maximum absolute atomic E-state index is 12.4. The molecule has 0 aromatic carbocycles. The van der Waals surface area contributed by atoms with Gasteiger partial charge in [0.2, 0.25) is 5.89 Å². The van der Waals surface area contributed by atoms with Crippen LogP contribution < -0.4 is 0 Å². The molecular weight excluding hydrogens is 292 g/mol. The Bertz CT molecular complexity index is 648. The Morgan fingerprint density at radius 3 is 2.83 bits per heavy atom. The van der Waals surface area contributed by atoms with Crippen molar-refractivity contribution in [2.24, 2.45) is 0 Å². The quantitative estimate of drug-likeness (QED) is 0.867. The van der Waals surface area contributed by atoms with Gasteiger partial charge in [0.05, 0.1) is 0 Å². The Morgan fingerprint density at radius 1 is 1.39 bits per heavy atom. The summed E-state index contributed by atoms with van der Waals surface area (Å²) < 4.78 is 5.43. The lowest BCUT2D eigenvalue weighted by Crippen LogP contribution is -2.38. The molecule has 2 aromatic heterocycles. The zero-order valence-electron chi connectivity index (χ0n) is 13.6. The van der Waals surface area contributed by atoms with E-state index < -0.39 is 0 Å². The molecule has 0 N–H and O–H groups in total. The van der Waals surface area contributed by atoms with E-state index in [1.807, 2.05) is 17.0 Å². The van der Waals surface area contributed by atoms with Crippen molar-refractivity contribution in [3.63, 3.8) is 0 Å². The molecule has 6 heteroatoms. The second kappa shape index (κ2) is 6.89. The molecule has 122 valence electrons. The third kappa shape index (κ3) is 3.41. The van der Waals surface area contributed by atoms with E-state index in [1.165, 1.54) is 0 Å². The van der Waals surface area contributed by atoms with Gasteiger partial charge in [-0.1, -0.05) is 25.1 Å². The predicted molar refractivity (Wildman–Crippen MR) is 85.1 cm³/mol. The highest BCUT2D eigenvalue weighted by Crippen LogP contribution is 2.28. The van der Waals surface area contributed by atoms with E-state index in [1.54, 1.807) is 12.3 Å². The van der Waals surface area contributed by atoms with Crippen LogP contribution in [0.25, 0.3) is 0 Å². The summed E-state index contributed by atoms with van der Waals surface area (Å²) in [5.41, 5.74) is 0.503. The molecule has 0 spiro atoms. The fourth-order valence-corrected chi connectivity index (χ4v) is 2.78. The van der Waals surface area contributed by atoms with Gasteiger partial charge in [-0.3, -0.25) is 9.78 Å². The number of carbonyl (C=O) groups is 1. The topological polar surface area (TPSA) is 72.1 Å². The minimum atomic E-state index is -0.00475. The van der Waals surface area contributed by atoms with E-state index in [0.29, 0.717) is 30.6 Å². The van der Waals surface area contributed by atoms with Crippen molar-refractivity contribution in [2.45, 2.75) is 44.9 Å². The first-order valence-electron chi connectivity index (χ1n) is 8.22. The van der Waals surface area contributed by atoms with Crippen molar-refractivity contribution in [2.75, 3.05) is 13.1 Å². The lowest BCUT2D eigenvalue weighted by Gasteiger charge is -2.30. The molecule has 3 rings (SSSR count). The number of aromatic nitrogens is 3. The Labute approximate surface area is 135 Å². The Kier molecular flexibility index (Phi) is 4.69. The maximum Gasteiger partial charge on any atom is 0.272 e. The summed E-state index contributed by atoms with van der Waals surface area (Å²) in [4.78, 5) is 22.9. The van der Waals surface area contributed by atoms with Gasteiger partial charge in [-0.05, 0) is 31.4 Å². The van der Waals surface area contributed by atoms with Crippen molar-refractivity contribution >= 4 is 5.91 Å². The lowest BCUT2D eigenvalue weighted by atomic mass is 9.96. The van der Waals surface area contributed by atoms with Gasteiger partial charge in [0.1, 0.15) is 5.69 Å². The molecule has 23 heavy (non-hydrogen) atoms. The first kappa shape index (κ1) is 15.6. The number of rotatable bonds is 4. The predicted octanol–water partition coefficient (Wildman–Crippen LogP) is 3.00. The summed E-state index contributed by atoms with van der Waals surface area (Å²) in [5.74, 6) is 2.06. The van der Waals surface area contributed by atoms with E-state index in [2.05, 4.69) is 29.0 Å². The Hall–Kier alpha value is -2.24. The highest BCUT2D eigenvalue weighted by atomic mass is 16.5. The van der Waals surface area contributed by atoms with E-state index in [9.17, 15) is 4.79 Å². The van der Waals surface area contributed by atoms with E-state index in [0.717, 1.165) is 25.1 Å². The number of hydrogen-bond donors (Lipinski definition) is 0. The number of likely N-dealkylation sites (tertiary alicyclic amines) is 1. The SMILES string of the molecule is CC[C@H](C)c1noc(C2CCN(C(=O)c3ccccn3)CC2)n1. The van der Waals surface area contributed by atoms with Crippen LogP contribution >= 0.6 is 0 Å². The normalized spacial score (nSPS) is 17.2. The first-order chi connectivity index (χ1) is 11.2. The smallest absolute Gasteiger partial charge is 0.272 e. The molecule has 1 saturated heterocycles. The summed E-state index contributed by atoms with van der Waals surface area (Å²) in [6, 6.07) is 5.40. The number of carbonyl (C=O) groups excluding carboxylic acids is 1. The first-order valence-corrected chi connectivity index (χ1v) is 8.22. The highest BCUT2D eigenvalue weighted by Gasteiger charge is 2.28. The van der Waals surface area contributed by atoms with Gasteiger partial charge in [-0.2, -0.15) is 4.98 Å². The lowest BCUT2D eigenvalue weighted by molar-refractivity contribution is 0.0698. The summed E-state index contributed by atoms with van der Waals surface area (Å²) in [6.45, 7) is 5.60. The molecule has 1 amide bonds. The van der Waals surface area contributed by atoms with Crippen LogP contribution in [0.5, 0.6) is 0 Å². The van der Waals surface area contributed by atoms with Gasteiger partial charge >= 0.3 is 0 Å². The largest absolute Gasteiger partial charge is 0.339 e. The minimum Gasteiger partial charge on any atom is -0.339 e.